The summed E-state index contributed by atoms with van der Waals surface area (Å²) in [6, 6.07) is 0. The Morgan fingerprint density at radius 3 is 2.33 bits per heavy atom. The van der Waals surface area contributed by atoms with Crippen LogP contribution in [0.1, 0.15) is 59.3 Å². The summed E-state index contributed by atoms with van der Waals surface area (Å²) in [6.45, 7) is 5.94. The largest absolute Gasteiger partial charge is 0.463 e. The fourth-order valence-corrected chi connectivity index (χ4v) is 2.55. The highest BCUT2D eigenvalue weighted by Gasteiger charge is 2.29. The van der Waals surface area contributed by atoms with Gasteiger partial charge in [0.25, 0.3) is 0 Å². The van der Waals surface area contributed by atoms with Gasteiger partial charge in [-0.2, -0.15) is 0 Å². The van der Waals surface area contributed by atoms with E-state index in [4.69, 9.17) is 4.74 Å². The van der Waals surface area contributed by atoms with E-state index in [1.54, 1.807) is 0 Å². The molecule has 1 atom stereocenters. The first-order valence-electron chi connectivity index (χ1n) is 6.35. The molecule has 0 saturated heterocycles. The number of ether oxygens (including phenoxy) is 1. The maximum absolute atomic E-state index is 11.9. The van der Waals surface area contributed by atoms with E-state index in [1.165, 1.54) is 32.1 Å². The van der Waals surface area contributed by atoms with E-state index in [1.807, 2.05) is 13.8 Å². The van der Waals surface area contributed by atoms with Crippen molar-refractivity contribution in [2.45, 2.75) is 65.4 Å². The summed E-state index contributed by atoms with van der Waals surface area (Å²) in [5.74, 6) is 0.752. The predicted octanol–water partition coefficient (Wildman–Crippen LogP) is 3.54. The number of hydrogen-bond donors (Lipinski definition) is 0. The highest BCUT2D eigenvalue weighted by atomic mass is 16.5. The van der Waals surface area contributed by atoms with Gasteiger partial charge in [-0.1, -0.05) is 26.2 Å². The maximum atomic E-state index is 11.9. The molecule has 2 nitrogen and oxygen atoms in total. The second-order valence-corrected chi connectivity index (χ2v) is 4.90. The summed E-state index contributed by atoms with van der Waals surface area (Å²) in [7, 11) is 0. The van der Waals surface area contributed by atoms with Crippen LogP contribution >= 0.6 is 0 Å². The average Bonchev–Trinajstić information content (AvgIpc) is 2.19. The van der Waals surface area contributed by atoms with Crippen LogP contribution in [0.3, 0.4) is 0 Å². The Morgan fingerprint density at radius 2 is 1.87 bits per heavy atom. The van der Waals surface area contributed by atoms with Crippen molar-refractivity contribution in [2.75, 3.05) is 0 Å². The molecule has 1 fully saturated rings. The third kappa shape index (κ3) is 3.84. The molecule has 0 amide bonds. The Bertz CT molecular complexity index is 193. The van der Waals surface area contributed by atoms with Crippen molar-refractivity contribution in [2.24, 2.45) is 11.8 Å². The van der Waals surface area contributed by atoms with Crippen LogP contribution in [0.5, 0.6) is 0 Å². The molecular formula is C13H24O2. The van der Waals surface area contributed by atoms with Crippen LogP contribution in [0, 0.1) is 11.8 Å². The average molecular weight is 212 g/mol. The monoisotopic (exact) mass is 212 g/mol. The van der Waals surface area contributed by atoms with Crippen molar-refractivity contribution >= 4 is 5.97 Å². The van der Waals surface area contributed by atoms with Gasteiger partial charge in [-0.05, 0) is 39.0 Å². The molecule has 0 N–H and O–H groups in total. The van der Waals surface area contributed by atoms with Gasteiger partial charge in [-0.15, -0.1) is 0 Å². The maximum Gasteiger partial charge on any atom is 0.309 e. The van der Waals surface area contributed by atoms with Gasteiger partial charge in [-0.3, -0.25) is 4.79 Å². The fraction of sp³-hybridized carbons (Fsp3) is 0.923. The number of rotatable bonds is 4. The molecule has 1 unspecified atom stereocenters. The molecule has 0 bridgehead atoms. The van der Waals surface area contributed by atoms with Gasteiger partial charge in [0, 0.05) is 0 Å². The minimum Gasteiger partial charge on any atom is -0.463 e. The van der Waals surface area contributed by atoms with Gasteiger partial charge < -0.3 is 4.74 Å². The van der Waals surface area contributed by atoms with Gasteiger partial charge in [0.05, 0.1) is 12.0 Å². The second kappa shape index (κ2) is 6.14. The Labute approximate surface area is 93.4 Å². The van der Waals surface area contributed by atoms with E-state index >= 15 is 0 Å². The Balaban J connectivity index is 2.49. The lowest BCUT2D eigenvalue weighted by molar-refractivity contribution is -0.155. The van der Waals surface area contributed by atoms with E-state index in [9.17, 15) is 4.79 Å². The highest BCUT2D eigenvalue weighted by Crippen LogP contribution is 2.32. The minimum atomic E-state index is 0.0233. The lowest BCUT2D eigenvalue weighted by Crippen LogP contribution is -2.28. The Hall–Kier alpha value is -0.530. The highest BCUT2D eigenvalue weighted by molar-refractivity contribution is 5.72. The lowest BCUT2D eigenvalue weighted by atomic mass is 9.79. The van der Waals surface area contributed by atoms with Crippen molar-refractivity contribution in [3.8, 4) is 0 Å². The first-order valence-corrected chi connectivity index (χ1v) is 6.35. The molecule has 1 aliphatic rings. The second-order valence-electron chi connectivity index (χ2n) is 4.90. The van der Waals surface area contributed by atoms with E-state index < -0.39 is 0 Å². The van der Waals surface area contributed by atoms with Gasteiger partial charge in [0.15, 0.2) is 0 Å². The zero-order valence-corrected chi connectivity index (χ0v) is 10.3. The van der Waals surface area contributed by atoms with Gasteiger partial charge in [0.1, 0.15) is 0 Å². The van der Waals surface area contributed by atoms with Crippen LogP contribution in [0.4, 0.5) is 0 Å². The first kappa shape index (κ1) is 12.5. The van der Waals surface area contributed by atoms with Crippen LogP contribution in [-0.2, 0) is 9.53 Å². The molecule has 0 aromatic carbocycles. The predicted molar refractivity (Wildman–Crippen MR) is 61.6 cm³/mol. The van der Waals surface area contributed by atoms with Gasteiger partial charge >= 0.3 is 5.97 Å². The molecule has 0 spiro atoms. The Morgan fingerprint density at radius 1 is 1.27 bits per heavy atom. The van der Waals surface area contributed by atoms with Crippen LogP contribution in [0.15, 0.2) is 0 Å². The summed E-state index contributed by atoms with van der Waals surface area (Å²) in [5, 5.41) is 0. The van der Waals surface area contributed by atoms with Crippen molar-refractivity contribution in [3.63, 3.8) is 0 Å². The van der Waals surface area contributed by atoms with Crippen molar-refractivity contribution in [1.29, 1.82) is 0 Å². The number of carbonyl (C=O) groups excluding carboxylic acids is 1. The molecule has 0 aromatic rings. The molecular weight excluding hydrogens is 188 g/mol. The summed E-state index contributed by atoms with van der Waals surface area (Å²) in [4.78, 5) is 11.9. The SMILES string of the molecule is CCC(C(=O)OC(C)C)C1CCCCC1. The third-order valence-electron chi connectivity index (χ3n) is 3.31. The number of hydrogen-bond acceptors (Lipinski definition) is 2. The number of esters is 1. The van der Waals surface area contributed by atoms with E-state index in [2.05, 4.69) is 6.92 Å². The fourth-order valence-electron chi connectivity index (χ4n) is 2.55. The summed E-state index contributed by atoms with van der Waals surface area (Å²) < 4.78 is 5.32. The lowest BCUT2D eigenvalue weighted by Gasteiger charge is -2.28. The van der Waals surface area contributed by atoms with Crippen molar-refractivity contribution in [1.82, 2.24) is 0 Å². The Kier molecular flexibility index (Phi) is 5.13. The minimum absolute atomic E-state index is 0.0233. The van der Waals surface area contributed by atoms with E-state index in [-0.39, 0.29) is 18.0 Å². The molecule has 15 heavy (non-hydrogen) atoms. The zero-order valence-electron chi connectivity index (χ0n) is 10.3. The molecule has 1 saturated carbocycles. The molecule has 1 aliphatic carbocycles. The first-order chi connectivity index (χ1) is 7.15. The number of carbonyl (C=O) groups is 1. The van der Waals surface area contributed by atoms with E-state index in [0.29, 0.717) is 5.92 Å². The van der Waals surface area contributed by atoms with Gasteiger partial charge in [-0.25, -0.2) is 0 Å². The molecule has 2 heteroatoms. The topological polar surface area (TPSA) is 26.3 Å². The molecule has 0 radical (unpaired) electrons. The zero-order chi connectivity index (χ0) is 11.3. The van der Waals surface area contributed by atoms with Crippen LogP contribution in [0.2, 0.25) is 0 Å². The standard InChI is InChI=1S/C13H24O2/c1-4-12(13(14)15-10(2)3)11-8-6-5-7-9-11/h10-12H,4-9H2,1-3H3. The van der Waals surface area contributed by atoms with Crippen LogP contribution in [-0.4, -0.2) is 12.1 Å². The molecule has 88 valence electrons. The summed E-state index contributed by atoms with van der Waals surface area (Å²) in [6.07, 6.45) is 7.29. The normalized spacial score (nSPS) is 20.3. The molecule has 0 heterocycles. The van der Waals surface area contributed by atoms with E-state index in [0.717, 1.165) is 6.42 Å². The van der Waals surface area contributed by atoms with Crippen molar-refractivity contribution in [3.05, 3.63) is 0 Å². The smallest absolute Gasteiger partial charge is 0.309 e. The molecule has 0 aliphatic heterocycles. The third-order valence-corrected chi connectivity index (χ3v) is 3.31. The molecule has 0 aromatic heterocycles. The summed E-state index contributed by atoms with van der Waals surface area (Å²) in [5.41, 5.74) is 0. The summed E-state index contributed by atoms with van der Waals surface area (Å²) >= 11 is 0. The quantitative estimate of drug-likeness (QED) is 0.666. The molecule has 1 rings (SSSR count). The van der Waals surface area contributed by atoms with Crippen molar-refractivity contribution < 1.29 is 9.53 Å². The van der Waals surface area contributed by atoms with Crippen LogP contribution < -0.4 is 0 Å². The van der Waals surface area contributed by atoms with Crippen LogP contribution in [0.25, 0.3) is 0 Å². The van der Waals surface area contributed by atoms with Gasteiger partial charge in [0.2, 0.25) is 0 Å².